The summed E-state index contributed by atoms with van der Waals surface area (Å²) in [6.45, 7) is 18.2. The quantitative estimate of drug-likeness (QED) is 0.267. The molecular weight excluding hydrogens is 424 g/mol. The number of aromatic nitrogens is 2. The lowest BCUT2D eigenvalue weighted by molar-refractivity contribution is 0.373. The van der Waals surface area contributed by atoms with E-state index in [4.69, 9.17) is 4.98 Å². The van der Waals surface area contributed by atoms with E-state index in [-0.39, 0.29) is 5.41 Å². The maximum atomic E-state index is 4.91. The normalized spacial score (nSPS) is 11.9. The van der Waals surface area contributed by atoms with Gasteiger partial charge < -0.3 is 0 Å². The molecule has 2 heteroatoms. The molecule has 0 amide bonds. The summed E-state index contributed by atoms with van der Waals surface area (Å²) in [5, 5.41) is 0. The summed E-state index contributed by atoms with van der Waals surface area (Å²) in [6, 6.07) is 20.4. The Kier molecular flexibility index (Phi) is 7.03. The molecule has 0 radical (unpaired) electrons. The van der Waals surface area contributed by atoms with Crippen LogP contribution in [-0.2, 0) is 18.3 Å². The number of imidazole rings is 1. The van der Waals surface area contributed by atoms with Crippen LogP contribution in [0.2, 0.25) is 0 Å². The van der Waals surface area contributed by atoms with Gasteiger partial charge in [-0.25, -0.2) is 4.98 Å². The van der Waals surface area contributed by atoms with Gasteiger partial charge in [-0.3, -0.25) is 4.57 Å². The molecule has 0 aliphatic rings. The van der Waals surface area contributed by atoms with E-state index in [9.17, 15) is 0 Å². The van der Waals surface area contributed by atoms with E-state index in [1.54, 1.807) is 0 Å². The molecule has 0 spiro atoms. The summed E-state index contributed by atoms with van der Waals surface area (Å²) in [7, 11) is 0. The van der Waals surface area contributed by atoms with Crippen molar-refractivity contribution in [2.24, 2.45) is 5.92 Å². The van der Waals surface area contributed by atoms with Crippen molar-refractivity contribution in [1.82, 2.24) is 9.55 Å². The zero-order chi connectivity index (χ0) is 25.3. The molecular formula is C33H40N2. The highest BCUT2D eigenvalue weighted by atomic mass is 15.1. The average Bonchev–Trinajstić information content (AvgIpc) is 3.31. The van der Waals surface area contributed by atoms with E-state index in [0.29, 0.717) is 5.92 Å². The van der Waals surface area contributed by atoms with Gasteiger partial charge in [0.05, 0.1) is 5.69 Å². The molecule has 35 heavy (non-hydrogen) atoms. The molecule has 1 aromatic heterocycles. The van der Waals surface area contributed by atoms with Gasteiger partial charge in [-0.05, 0) is 78.0 Å². The molecule has 182 valence electrons. The van der Waals surface area contributed by atoms with E-state index < -0.39 is 0 Å². The minimum absolute atomic E-state index is 0.0431. The number of hydrogen-bond acceptors (Lipinski definition) is 1. The highest BCUT2D eigenvalue weighted by Gasteiger charge is 2.29. The summed E-state index contributed by atoms with van der Waals surface area (Å²) < 4.78 is 2.33. The van der Waals surface area contributed by atoms with Crippen molar-refractivity contribution in [1.29, 1.82) is 0 Å². The van der Waals surface area contributed by atoms with E-state index in [0.717, 1.165) is 18.7 Å². The highest BCUT2D eigenvalue weighted by molar-refractivity contribution is 5.72. The van der Waals surface area contributed by atoms with Crippen molar-refractivity contribution in [2.45, 2.75) is 73.6 Å². The molecule has 0 fully saturated rings. The molecule has 0 bridgehead atoms. The molecule has 0 aliphatic heterocycles. The lowest BCUT2D eigenvalue weighted by atomic mass is 9.73. The number of nitrogens with zero attached hydrogens (tertiary/aromatic N) is 2. The van der Waals surface area contributed by atoms with Crippen LogP contribution in [0.3, 0.4) is 0 Å². The van der Waals surface area contributed by atoms with Crippen molar-refractivity contribution in [3.05, 3.63) is 94.8 Å². The fourth-order valence-corrected chi connectivity index (χ4v) is 5.15. The fourth-order valence-electron chi connectivity index (χ4n) is 5.15. The highest BCUT2D eigenvalue weighted by Crippen LogP contribution is 2.39. The van der Waals surface area contributed by atoms with E-state index >= 15 is 0 Å². The van der Waals surface area contributed by atoms with Gasteiger partial charge in [-0.15, -0.1) is 0 Å². The molecule has 0 saturated heterocycles. The minimum atomic E-state index is 0.0431. The van der Waals surface area contributed by atoms with Gasteiger partial charge in [-0.2, -0.15) is 0 Å². The van der Waals surface area contributed by atoms with Gasteiger partial charge in [0.15, 0.2) is 0 Å². The number of benzene rings is 3. The summed E-state index contributed by atoms with van der Waals surface area (Å²) in [5.74, 6) is 1.54. The number of hydrogen-bond donors (Lipinski definition) is 0. The smallest absolute Gasteiger partial charge is 0.144 e. The average molecular weight is 465 g/mol. The molecule has 4 aromatic rings. The van der Waals surface area contributed by atoms with Crippen LogP contribution in [0.4, 0.5) is 0 Å². The summed E-state index contributed by atoms with van der Waals surface area (Å²) in [5.41, 5.74) is 11.8. The van der Waals surface area contributed by atoms with Gasteiger partial charge in [0.1, 0.15) is 5.82 Å². The SMILES string of the molecule is CCc1cc(-c2cc(C)cc(C)c2)cc(CC)c1-n1ccnc1-c1ccccc1C(C)(C)C(C)C. The van der Waals surface area contributed by atoms with Crippen LogP contribution in [-0.4, -0.2) is 9.55 Å². The predicted molar refractivity (Wildman–Crippen MR) is 151 cm³/mol. The number of rotatable bonds is 7. The van der Waals surface area contributed by atoms with Crippen molar-refractivity contribution in [3.63, 3.8) is 0 Å². The molecule has 2 nitrogen and oxygen atoms in total. The predicted octanol–water partition coefficient (Wildman–Crippen LogP) is 8.88. The Morgan fingerprint density at radius 3 is 1.97 bits per heavy atom. The van der Waals surface area contributed by atoms with Crippen LogP contribution >= 0.6 is 0 Å². The Balaban J connectivity index is 1.93. The van der Waals surface area contributed by atoms with Crippen molar-refractivity contribution >= 4 is 0 Å². The molecule has 0 saturated carbocycles. The summed E-state index contributed by atoms with van der Waals surface area (Å²) in [6.07, 6.45) is 6.03. The van der Waals surface area contributed by atoms with E-state index in [2.05, 4.69) is 121 Å². The first-order valence-electron chi connectivity index (χ1n) is 13.0. The lowest BCUT2D eigenvalue weighted by Crippen LogP contribution is -2.25. The molecule has 0 atom stereocenters. The molecule has 3 aromatic carbocycles. The van der Waals surface area contributed by atoms with Gasteiger partial charge in [-0.1, -0.05) is 95.1 Å². The first-order valence-corrected chi connectivity index (χ1v) is 13.0. The monoisotopic (exact) mass is 464 g/mol. The van der Waals surface area contributed by atoms with Crippen LogP contribution in [0, 0.1) is 19.8 Å². The number of aryl methyl sites for hydroxylation is 4. The van der Waals surface area contributed by atoms with Crippen LogP contribution < -0.4 is 0 Å². The van der Waals surface area contributed by atoms with Crippen LogP contribution in [0.25, 0.3) is 28.2 Å². The Labute approximate surface area is 212 Å². The Morgan fingerprint density at radius 2 is 1.40 bits per heavy atom. The minimum Gasteiger partial charge on any atom is -0.299 e. The Morgan fingerprint density at radius 1 is 0.829 bits per heavy atom. The third-order valence-corrected chi connectivity index (χ3v) is 7.77. The lowest BCUT2D eigenvalue weighted by Gasteiger charge is -2.32. The van der Waals surface area contributed by atoms with Crippen molar-refractivity contribution in [3.8, 4) is 28.2 Å². The molecule has 1 heterocycles. The standard InChI is InChI=1S/C33H40N2/c1-9-25-20-28(27-18-23(5)17-24(6)19-27)21-26(10-2)31(25)35-16-15-34-32(35)29-13-11-12-14-30(29)33(7,8)22(3)4/h11-22H,9-10H2,1-8H3. The van der Waals surface area contributed by atoms with Crippen molar-refractivity contribution in [2.75, 3.05) is 0 Å². The Bertz CT molecular complexity index is 1290. The third-order valence-electron chi connectivity index (χ3n) is 7.77. The van der Waals surface area contributed by atoms with E-state index in [1.807, 2.05) is 6.20 Å². The largest absolute Gasteiger partial charge is 0.299 e. The molecule has 0 N–H and O–H groups in total. The zero-order valence-electron chi connectivity index (χ0n) is 22.7. The molecule has 0 unspecified atom stereocenters. The fraction of sp³-hybridized carbons (Fsp3) is 0.364. The van der Waals surface area contributed by atoms with Crippen molar-refractivity contribution < 1.29 is 0 Å². The first kappa shape index (κ1) is 25.0. The van der Waals surface area contributed by atoms with Crippen LogP contribution in [0.5, 0.6) is 0 Å². The topological polar surface area (TPSA) is 17.8 Å². The maximum Gasteiger partial charge on any atom is 0.144 e. The van der Waals surface area contributed by atoms with Gasteiger partial charge >= 0.3 is 0 Å². The Hall–Kier alpha value is -3.13. The van der Waals surface area contributed by atoms with Gasteiger partial charge in [0.2, 0.25) is 0 Å². The third kappa shape index (κ3) is 4.72. The second-order valence-corrected chi connectivity index (χ2v) is 10.8. The maximum absolute atomic E-state index is 4.91. The summed E-state index contributed by atoms with van der Waals surface area (Å²) in [4.78, 5) is 4.91. The van der Waals surface area contributed by atoms with Gasteiger partial charge in [0.25, 0.3) is 0 Å². The summed E-state index contributed by atoms with van der Waals surface area (Å²) >= 11 is 0. The molecule has 0 aliphatic carbocycles. The van der Waals surface area contributed by atoms with Crippen LogP contribution in [0.15, 0.2) is 67.0 Å². The van der Waals surface area contributed by atoms with Crippen LogP contribution in [0.1, 0.15) is 69.4 Å². The molecule has 4 rings (SSSR count). The first-order chi connectivity index (χ1) is 16.7. The zero-order valence-corrected chi connectivity index (χ0v) is 22.7. The second-order valence-electron chi connectivity index (χ2n) is 10.8. The second kappa shape index (κ2) is 9.85. The van der Waals surface area contributed by atoms with Gasteiger partial charge in [0, 0.05) is 18.0 Å². The van der Waals surface area contributed by atoms with E-state index in [1.165, 1.54) is 50.2 Å².